The molecule has 6 heteroatoms. The molecule has 0 saturated carbocycles. The van der Waals surface area contributed by atoms with Gasteiger partial charge in [0.05, 0.1) is 7.18 Å². The first-order chi connectivity index (χ1) is 5.79. The van der Waals surface area contributed by atoms with E-state index in [9.17, 15) is 4.39 Å². The first-order valence-electron chi connectivity index (χ1n) is 2.83. The molecule has 0 aliphatic rings. The molecule has 0 atom stereocenters. The summed E-state index contributed by atoms with van der Waals surface area (Å²) in [5, 5.41) is 0. The van der Waals surface area contributed by atoms with Crippen molar-refractivity contribution in [2.24, 2.45) is 0 Å². The van der Waals surface area contributed by atoms with Crippen LogP contribution in [-0.4, -0.2) is 7.18 Å². The number of hydrogen-bond donors (Lipinski definition) is 2. The van der Waals surface area contributed by atoms with Gasteiger partial charge >= 0.3 is 0 Å². The maximum atomic E-state index is 9.50. The molecule has 0 bridgehead atoms. The number of nitrogen functional groups attached to an aromatic ring is 2. The van der Waals surface area contributed by atoms with E-state index >= 15 is 0 Å². The van der Waals surface area contributed by atoms with Crippen molar-refractivity contribution in [3.63, 3.8) is 0 Å². The molecule has 0 heterocycles. The van der Waals surface area contributed by atoms with Crippen molar-refractivity contribution in [1.29, 1.82) is 0 Å². The van der Waals surface area contributed by atoms with Crippen LogP contribution in [0, 0.1) is 6.07 Å². The largest absolute Gasteiger partial charge is 0.449 e. The van der Waals surface area contributed by atoms with Gasteiger partial charge in [0, 0.05) is 41.9 Å². The molecule has 2 nitrogen and oxygen atoms in total. The number of hydrogen-bond acceptors (Lipinski definition) is 2. The second-order valence-electron chi connectivity index (χ2n) is 1.60. The number of benzene rings is 1. The van der Waals surface area contributed by atoms with Crippen LogP contribution in [0.15, 0.2) is 18.2 Å². The minimum atomic E-state index is 0. The Morgan fingerprint density at radius 2 is 1.38 bits per heavy atom. The first kappa shape index (κ1) is 18.5. The Morgan fingerprint density at radius 1 is 1.08 bits per heavy atom. The van der Waals surface area contributed by atoms with E-state index in [2.05, 4.69) is 6.07 Å². The molecule has 0 saturated heterocycles. The van der Waals surface area contributed by atoms with E-state index in [4.69, 9.17) is 20.6 Å². The van der Waals surface area contributed by atoms with Crippen molar-refractivity contribution >= 4 is 11.4 Å². The van der Waals surface area contributed by atoms with Crippen molar-refractivity contribution < 1.29 is 46.2 Å². The summed E-state index contributed by atoms with van der Waals surface area (Å²) < 4.78 is 25.5. The summed E-state index contributed by atoms with van der Waals surface area (Å²) in [6, 6.07) is 7.82. The first-order valence-corrected chi connectivity index (χ1v) is 2.83. The molecule has 0 spiro atoms. The van der Waals surface area contributed by atoms with E-state index in [-0.39, 0.29) is 32.7 Å². The van der Waals surface area contributed by atoms with Crippen LogP contribution in [0.2, 0.25) is 0 Å². The topological polar surface area (TPSA) is 52.0 Å². The van der Waals surface area contributed by atoms with Crippen LogP contribution in [-0.2, 0) is 32.7 Å². The minimum Gasteiger partial charge on any atom is -0.449 e. The molecule has 0 aromatic heterocycles. The monoisotopic (exact) mass is 268 g/mol. The summed E-state index contributed by atoms with van der Waals surface area (Å²) in [5.74, 6) is 0. The predicted octanol–water partition coefficient (Wildman–Crippen LogP) is 2.07. The Bertz CT molecular complexity index is 182. The average Bonchev–Trinajstić information content (AvgIpc) is 2.11. The molecule has 0 aliphatic heterocycles. The van der Waals surface area contributed by atoms with Gasteiger partial charge in [0.15, 0.2) is 0 Å². The zero-order valence-electron chi connectivity index (χ0n) is 7.10. The van der Waals surface area contributed by atoms with Crippen molar-refractivity contribution in [2.45, 2.75) is 0 Å². The van der Waals surface area contributed by atoms with Gasteiger partial charge in [0.2, 0.25) is 0 Å². The van der Waals surface area contributed by atoms with Crippen molar-refractivity contribution in [1.82, 2.24) is 0 Å². The molecule has 0 amide bonds. The quantitative estimate of drug-likeness (QED) is 0.559. The predicted molar refractivity (Wildman–Crippen MR) is 43.4 cm³/mol. The van der Waals surface area contributed by atoms with Gasteiger partial charge in [-0.15, -0.1) is 6.07 Å². The Hall–Kier alpha value is -0.286. The Labute approximate surface area is 100 Å². The van der Waals surface area contributed by atoms with Gasteiger partial charge < -0.3 is 11.5 Å². The molecule has 1 rings (SSSR count). The zero-order chi connectivity index (χ0) is 9.98. The molecular weight excluding hydrogens is 258 g/mol. The Morgan fingerprint density at radius 3 is 1.54 bits per heavy atom. The van der Waals surface area contributed by atoms with Crippen LogP contribution in [0.4, 0.5) is 24.9 Å². The number of nitrogens with two attached hydrogens (primary N) is 2. The molecule has 73 valence electrons. The average molecular weight is 268 g/mol. The van der Waals surface area contributed by atoms with Crippen LogP contribution in [0.3, 0.4) is 0 Å². The maximum absolute atomic E-state index is 9.50. The maximum Gasteiger partial charge on any atom is 0.0785 e. The van der Waals surface area contributed by atoms with Gasteiger partial charge in [-0.1, -0.05) is 11.4 Å². The van der Waals surface area contributed by atoms with Crippen molar-refractivity contribution in [3.8, 4) is 0 Å². The summed E-state index contributed by atoms with van der Waals surface area (Å²) in [5.41, 5.74) is 12.0. The summed E-state index contributed by atoms with van der Waals surface area (Å²) in [6.45, 7) is 0. The van der Waals surface area contributed by atoms with E-state index in [0.29, 0.717) is 18.6 Å². The molecule has 1 aromatic rings. The van der Waals surface area contributed by atoms with Crippen molar-refractivity contribution in [2.75, 3.05) is 18.6 Å². The van der Waals surface area contributed by atoms with Crippen LogP contribution in [0.5, 0.6) is 0 Å². The molecule has 13 heavy (non-hydrogen) atoms. The van der Waals surface area contributed by atoms with Crippen molar-refractivity contribution in [3.05, 3.63) is 24.3 Å². The third-order valence-corrected chi connectivity index (χ3v) is 0.833. The van der Waals surface area contributed by atoms with Crippen LogP contribution in [0.25, 0.3) is 0 Å². The fraction of sp³-hybridized carbons (Fsp3) is 0.143. The summed E-state index contributed by atoms with van der Waals surface area (Å²) in [6.07, 6.45) is 0. The SMILES string of the molecule is CF.FF.Nc1c[c-]cc(N)c1.[Y]. The Balaban J connectivity index is -0.000000178. The van der Waals surface area contributed by atoms with Crippen LogP contribution < -0.4 is 11.5 Å². The molecule has 4 N–H and O–H groups in total. The molecule has 0 fully saturated rings. The van der Waals surface area contributed by atoms with Crippen LogP contribution in [0.1, 0.15) is 0 Å². The van der Waals surface area contributed by atoms with Gasteiger partial charge in [-0.3, -0.25) is 4.39 Å². The van der Waals surface area contributed by atoms with Gasteiger partial charge in [-0.2, -0.15) is 18.2 Å². The smallest absolute Gasteiger partial charge is 0.0785 e. The second kappa shape index (κ2) is 14.2. The molecule has 0 aliphatic carbocycles. The van der Waals surface area contributed by atoms with Gasteiger partial charge in [-0.05, 0) is 0 Å². The number of anilines is 2. The summed E-state index contributed by atoms with van der Waals surface area (Å²) in [7, 11) is 0.500. The fourth-order valence-corrected chi connectivity index (χ4v) is 0.510. The third kappa shape index (κ3) is 11.7. The van der Waals surface area contributed by atoms with Crippen LogP contribution >= 0.6 is 0 Å². The zero-order valence-corrected chi connectivity index (χ0v) is 9.94. The van der Waals surface area contributed by atoms with Gasteiger partial charge in [0.25, 0.3) is 0 Å². The van der Waals surface area contributed by atoms with E-state index in [1.165, 1.54) is 0 Å². The van der Waals surface area contributed by atoms with E-state index in [1.807, 2.05) is 0 Å². The Kier molecular flexibility index (Phi) is 20.3. The molecule has 0 unspecified atom stereocenters. The number of rotatable bonds is 0. The van der Waals surface area contributed by atoms with Gasteiger partial charge in [0.1, 0.15) is 0 Å². The molecule has 1 aromatic carbocycles. The second-order valence-corrected chi connectivity index (χ2v) is 1.60. The molecule has 1 radical (unpaired) electrons. The third-order valence-electron chi connectivity index (χ3n) is 0.833. The van der Waals surface area contributed by atoms with E-state index in [1.54, 1.807) is 18.2 Å². The van der Waals surface area contributed by atoms with E-state index < -0.39 is 0 Å². The van der Waals surface area contributed by atoms with E-state index in [0.717, 1.165) is 0 Å². The number of halogens is 3. The normalized spacial score (nSPS) is 6.46. The molecular formula is C7H10F3N2Y-. The minimum absolute atomic E-state index is 0. The van der Waals surface area contributed by atoms with Gasteiger partial charge in [-0.25, -0.2) is 0 Å². The summed E-state index contributed by atoms with van der Waals surface area (Å²) >= 11 is 0. The fourth-order valence-electron chi connectivity index (χ4n) is 0.510. The standard InChI is InChI=1S/C6H7N2.CH3F.F2.Y/c7-5-2-1-3-6(8)4-5;2*1-2;/h2-4H,7-8H2;1H3;;/q-1;;;. The summed E-state index contributed by atoms with van der Waals surface area (Å²) in [4.78, 5) is 0. The number of alkyl halides is 1.